The van der Waals surface area contributed by atoms with E-state index in [-0.39, 0.29) is 0 Å². The van der Waals surface area contributed by atoms with E-state index in [1.165, 1.54) is 0 Å². The SMILES string of the molecule is O=C(O)c1cccc(OC(F)F)c1[O-]. The molecule has 76 valence electrons. The first-order chi connectivity index (χ1) is 6.52. The van der Waals surface area contributed by atoms with Gasteiger partial charge in [-0.1, -0.05) is 11.8 Å². The van der Waals surface area contributed by atoms with Gasteiger partial charge in [-0.25, -0.2) is 4.79 Å². The number of ether oxygens (including phenoxy) is 1. The van der Waals surface area contributed by atoms with E-state index < -0.39 is 29.6 Å². The molecule has 14 heavy (non-hydrogen) atoms. The van der Waals surface area contributed by atoms with Crippen LogP contribution >= 0.6 is 0 Å². The molecule has 0 heterocycles. The molecule has 0 atom stereocenters. The molecule has 0 spiro atoms. The molecular weight excluding hydrogens is 198 g/mol. The van der Waals surface area contributed by atoms with E-state index in [4.69, 9.17) is 5.11 Å². The fourth-order valence-corrected chi connectivity index (χ4v) is 0.873. The van der Waals surface area contributed by atoms with Gasteiger partial charge in [0.15, 0.2) is 0 Å². The highest BCUT2D eigenvalue weighted by Crippen LogP contribution is 2.28. The van der Waals surface area contributed by atoms with Crippen molar-refractivity contribution in [2.75, 3.05) is 0 Å². The molecule has 0 aliphatic rings. The molecule has 1 aromatic carbocycles. The number of hydrogen-bond acceptors (Lipinski definition) is 3. The van der Waals surface area contributed by atoms with Crippen LogP contribution < -0.4 is 9.84 Å². The van der Waals surface area contributed by atoms with Gasteiger partial charge in [-0.3, -0.25) is 0 Å². The zero-order valence-electron chi connectivity index (χ0n) is 6.74. The van der Waals surface area contributed by atoms with Crippen LogP contribution in [0.25, 0.3) is 0 Å². The minimum atomic E-state index is -3.15. The maximum absolute atomic E-state index is 11.7. The first kappa shape index (κ1) is 10.2. The van der Waals surface area contributed by atoms with E-state index in [9.17, 15) is 18.7 Å². The van der Waals surface area contributed by atoms with Gasteiger partial charge in [-0.2, -0.15) is 8.78 Å². The van der Waals surface area contributed by atoms with Crippen LogP contribution in [0.1, 0.15) is 10.4 Å². The van der Waals surface area contributed by atoms with Gasteiger partial charge < -0.3 is 14.9 Å². The average Bonchev–Trinajstić information content (AvgIpc) is 2.07. The predicted octanol–water partition coefficient (Wildman–Crippen LogP) is 1.06. The van der Waals surface area contributed by atoms with Crippen molar-refractivity contribution >= 4 is 5.97 Å². The number of carboxylic acid groups (broad SMARTS) is 1. The molecule has 1 N–H and O–H groups in total. The minimum absolute atomic E-state index is 0.594. The van der Waals surface area contributed by atoms with Crippen molar-refractivity contribution in [1.29, 1.82) is 0 Å². The standard InChI is InChI=1S/C8H6F2O4/c9-8(10)14-5-3-1-2-4(6(5)11)7(12)13/h1-3,8,11H,(H,12,13)/p-1. The van der Waals surface area contributed by atoms with Gasteiger partial charge in [0.2, 0.25) is 0 Å². The average molecular weight is 203 g/mol. The van der Waals surface area contributed by atoms with Crippen molar-refractivity contribution in [3.8, 4) is 11.5 Å². The Morgan fingerprint density at radius 2 is 2.14 bits per heavy atom. The summed E-state index contributed by atoms with van der Waals surface area (Å²) < 4.78 is 27.3. The summed E-state index contributed by atoms with van der Waals surface area (Å²) in [7, 11) is 0. The number of para-hydroxylation sites is 1. The third-order valence-corrected chi connectivity index (χ3v) is 1.43. The molecule has 0 bridgehead atoms. The van der Waals surface area contributed by atoms with E-state index in [1.54, 1.807) is 0 Å². The van der Waals surface area contributed by atoms with E-state index in [0.717, 1.165) is 18.2 Å². The molecule has 0 saturated heterocycles. The highest BCUT2D eigenvalue weighted by Gasteiger charge is 2.10. The second-order valence-electron chi connectivity index (χ2n) is 2.32. The van der Waals surface area contributed by atoms with Gasteiger partial charge in [0.05, 0.1) is 5.56 Å². The molecule has 0 aromatic heterocycles. The maximum Gasteiger partial charge on any atom is 0.387 e. The number of aromatic carboxylic acids is 1. The molecule has 0 amide bonds. The first-order valence-electron chi connectivity index (χ1n) is 3.50. The van der Waals surface area contributed by atoms with Crippen LogP contribution in [0.3, 0.4) is 0 Å². The van der Waals surface area contributed by atoms with E-state index >= 15 is 0 Å². The second kappa shape index (κ2) is 3.91. The molecule has 0 unspecified atom stereocenters. The molecule has 0 aliphatic heterocycles. The molecule has 0 fully saturated rings. The number of alkyl halides is 2. The summed E-state index contributed by atoms with van der Waals surface area (Å²) in [5.74, 6) is -3.20. The molecule has 6 heteroatoms. The lowest BCUT2D eigenvalue weighted by atomic mass is 10.2. The quantitative estimate of drug-likeness (QED) is 0.797. The normalized spacial score (nSPS) is 10.2. The predicted molar refractivity (Wildman–Crippen MR) is 39.5 cm³/mol. The third kappa shape index (κ3) is 2.09. The van der Waals surface area contributed by atoms with Gasteiger partial charge in [-0.15, -0.1) is 0 Å². The van der Waals surface area contributed by atoms with E-state index in [0.29, 0.717) is 0 Å². The first-order valence-corrected chi connectivity index (χ1v) is 3.50. The minimum Gasteiger partial charge on any atom is -0.869 e. The van der Waals surface area contributed by atoms with Crippen LogP contribution in [0.4, 0.5) is 8.78 Å². The fraction of sp³-hybridized carbons (Fsp3) is 0.125. The van der Waals surface area contributed by atoms with Crippen molar-refractivity contribution in [1.82, 2.24) is 0 Å². The lowest BCUT2D eigenvalue weighted by Gasteiger charge is -2.15. The summed E-state index contributed by atoms with van der Waals surface area (Å²) in [4.78, 5) is 10.4. The number of halogens is 2. The van der Waals surface area contributed by atoms with Gasteiger partial charge in [0.25, 0.3) is 0 Å². The third-order valence-electron chi connectivity index (χ3n) is 1.43. The van der Waals surface area contributed by atoms with Crippen LogP contribution in [0.5, 0.6) is 11.5 Å². The van der Waals surface area contributed by atoms with Gasteiger partial charge >= 0.3 is 12.6 Å². The zero-order valence-corrected chi connectivity index (χ0v) is 6.74. The van der Waals surface area contributed by atoms with Crippen LogP contribution in [0, 0.1) is 0 Å². The number of benzene rings is 1. The molecule has 0 radical (unpaired) electrons. The highest BCUT2D eigenvalue weighted by molar-refractivity contribution is 5.91. The van der Waals surface area contributed by atoms with Crippen molar-refractivity contribution in [3.63, 3.8) is 0 Å². The number of carbonyl (C=O) groups is 1. The van der Waals surface area contributed by atoms with Crippen molar-refractivity contribution in [2.24, 2.45) is 0 Å². The molecule has 0 aliphatic carbocycles. The van der Waals surface area contributed by atoms with Gasteiger partial charge in [0.1, 0.15) is 5.75 Å². The van der Waals surface area contributed by atoms with E-state index in [1.807, 2.05) is 0 Å². The molecule has 1 rings (SSSR count). The molecule has 0 saturated carbocycles. The van der Waals surface area contributed by atoms with Gasteiger partial charge in [-0.05, 0) is 12.1 Å². The summed E-state index contributed by atoms with van der Waals surface area (Å²) in [5, 5.41) is 19.6. The lowest BCUT2D eigenvalue weighted by Crippen LogP contribution is -2.09. The topological polar surface area (TPSA) is 69.6 Å². The van der Waals surface area contributed by atoms with Crippen LogP contribution in [-0.2, 0) is 0 Å². The summed E-state index contributed by atoms with van der Waals surface area (Å²) >= 11 is 0. The number of carboxylic acids is 1. The molecule has 1 aromatic rings. The lowest BCUT2D eigenvalue weighted by molar-refractivity contribution is -0.272. The summed E-state index contributed by atoms with van der Waals surface area (Å²) in [6.07, 6.45) is 0. The van der Waals surface area contributed by atoms with Crippen LogP contribution in [0.15, 0.2) is 18.2 Å². The Bertz CT molecular complexity index is 351. The Hall–Kier alpha value is -1.85. The zero-order chi connectivity index (χ0) is 10.7. The second-order valence-corrected chi connectivity index (χ2v) is 2.32. The Morgan fingerprint density at radius 3 is 2.64 bits per heavy atom. The summed E-state index contributed by atoms with van der Waals surface area (Å²) in [6, 6.07) is 3.16. The van der Waals surface area contributed by atoms with Crippen molar-refractivity contribution < 1.29 is 28.5 Å². The number of hydrogen-bond donors (Lipinski definition) is 1. The smallest absolute Gasteiger partial charge is 0.387 e. The summed E-state index contributed by atoms with van der Waals surface area (Å²) in [5.41, 5.74) is -0.594. The van der Waals surface area contributed by atoms with Gasteiger partial charge in [0, 0.05) is 0 Å². The van der Waals surface area contributed by atoms with Crippen LogP contribution in [0.2, 0.25) is 0 Å². The summed E-state index contributed by atoms with van der Waals surface area (Å²) in [6.45, 7) is -3.15. The maximum atomic E-state index is 11.7. The Kier molecular flexibility index (Phi) is 2.85. The highest BCUT2D eigenvalue weighted by atomic mass is 19.3. The molecular formula is C8H5F2O4-. The number of rotatable bonds is 3. The largest absolute Gasteiger partial charge is 0.869 e. The van der Waals surface area contributed by atoms with Crippen molar-refractivity contribution in [2.45, 2.75) is 6.61 Å². The fourth-order valence-electron chi connectivity index (χ4n) is 0.873. The Balaban J connectivity index is 3.07. The Labute approximate surface area is 77.4 Å². The molecule has 4 nitrogen and oxygen atoms in total. The van der Waals surface area contributed by atoms with E-state index in [2.05, 4.69) is 4.74 Å². The Morgan fingerprint density at radius 1 is 1.50 bits per heavy atom. The monoisotopic (exact) mass is 203 g/mol. The van der Waals surface area contributed by atoms with Crippen LogP contribution in [-0.4, -0.2) is 17.7 Å². The van der Waals surface area contributed by atoms with Crippen molar-refractivity contribution in [3.05, 3.63) is 23.8 Å².